The third kappa shape index (κ3) is 4.25. The average molecular weight is 465 g/mol. The van der Waals surface area contributed by atoms with E-state index >= 15 is 0 Å². The van der Waals surface area contributed by atoms with Crippen LogP contribution < -0.4 is 21.3 Å². The molecule has 9 heteroatoms. The summed E-state index contributed by atoms with van der Waals surface area (Å²) >= 11 is 7.84. The number of hydrogen-bond acceptors (Lipinski definition) is 6. The van der Waals surface area contributed by atoms with Gasteiger partial charge in [-0.25, -0.2) is 14.8 Å². The summed E-state index contributed by atoms with van der Waals surface area (Å²) in [5.41, 5.74) is 4.49. The van der Waals surface area contributed by atoms with Crippen molar-refractivity contribution in [2.45, 2.75) is 19.9 Å². The van der Waals surface area contributed by atoms with E-state index in [1.807, 2.05) is 43.3 Å². The van der Waals surface area contributed by atoms with Gasteiger partial charge in [-0.2, -0.15) is 0 Å². The SMILES string of the molecule is Cc1ccc(NC(=O)Nc2ccc(Nc3ncnc4sc5c(c34)CCNC5)cc2)cc1Cl. The van der Waals surface area contributed by atoms with Crippen molar-refractivity contribution in [1.29, 1.82) is 0 Å². The maximum Gasteiger partial charge on any atom is 0.323 e. The molecule has 2 amide bonds. The van der Waals surface area contributed by atoms with Crippen LogP contribution in [0, 0.1) is 6.92 Å². The standard InChI is InChI=1S/C23H21ClN6OS/c1-13-2-3-16(10-18(13)24)30-23(31)29-15-6-4-14(5-7-15)28-21-20-17-8-9-25-11-19(17)32-22(20)27-12-26-21/h2-7,10,12,25H,8-9,11H2,1H3,(H,26,27,28)(H2,29,30,31). The molecule has 5 rings (SSSR count). The number of carbonyl (C=O) groups excluding carboxylic acids is 1. The van der Waals surface area contributed by atoms with Crippen LogP contribution in [-0.2, 0) is 13.0 Å². The Labute approximate surface area is 194 Å². The summed E-state index contributed by atoms with van der Waals surface area (Å²) in [6, 6.07) is 12.6. The van der Waals surface area contributed by atoms with Crippen molar-refractivity contribution in [2.75, 3.05) is 22.5 Å². The summed E-state index contributed by atoms with van der Waals surface area (Å²) in [6.07, 6.45) is 2.57. The van der Waals surface area contributed by atoms with E-state index in [1.54, 1.807) is 23.7 Å². The van der Waals surface area contributed by atoms with Gasteiger partial charge in [0.2, 0.25) is 0 Å². The molecule has 0 unspecified atom stereocenters. The van der Waals surface area contributed by atoms with E-state index in [-0.39, 0.29) is 6.03 Å². The zero-order chi connectivity index (χ0) is 22.1. The zero-order valence-corrected chi connectivity index (χ0v) is 18.9. The van der Waals surface area contributed by atoms with Crippen molar-refractivity contribution in [3.8, 4) is 0 Å². The number of hydrogen-bond donors (Lipinski definition) is 4. The van der Waals surface area contributed by atoms with Crippen LogP contribution >= 0.6 is 22.9 Å². The minimum atomic E-state index is -0.332. The molecule has 7 nitrogen and oxygen atoms in total. The summed E-state index contributed by atoms with van der Waals surface area (Å²) in [5, 5.41) is 14.1. The fourth-order valence-corrected chi connectivity index (χ4v) is 5.03. The lowest BCUT2D eigenvalue weighted by Crippen LogP contribution is -2.22. The number of aromatic nitrogens is 2. The molecule has 4 aromatic rings. The number of fused-ring (bicyclic) bond motifs is 3. The van der Waals surface area contributed by atoms with Crippen LogP contribution in [0.15, 0.2) is 48.8 Å². The van der Waals surface area contributed by atoms with Gasteiger partial charge in [0.05, 0.1) is 5.39 Å². The molecule has 0 saturated heterocycles. The number of urea groups is 1. The number of benzene rings is 2. The Balaban J connectivity index is 1.28. The molecule has 3 heterocycles. The number of carbonyl (C=O) groups is 1. The molecular formula is C23H21ClN6OS. The molecule has 0 saturated carbocycles. The molecule has 0 atom stereocenters. The maximum atomic E-state index is 12.3. The zero-order valence-electron chi connectivity index (χ0n) is 17.3. The van der Waals surface area contributed by atoms with Crippen molar-refractivity contribution >= 4 is 62.1 Å². The minimum absolute atomic E-state index is 0.332. The molecule has 1 aliphatic rings. The van der Waals surface area contributed by atoms with Gasteiger partial charge in [-0.1, -0.05) is 17.7 Å². The molecule has 162 valence electrons. The van der Waals surface area contributed by atoms with Crippen LogP contribution in [0.1, 0.15) is 16.0 Å². The molecule has 0 radical (unpaired) electrons. The number of thiophene rings is 1. The van der Waals surface area contributed by atoms with Gasteiger partial charge in [0, 0.05) is 33.5 Å². The second kappa shape index (κ2) is 8.74. The summed E-state index contributed by atoms with van der Waals surface area (Å²) in [4.78, 5) is 23.6. The number of anilines is 4. The third-order valence-electron chi connectivity index (χ3n) is 5.34. The van der Waals surface area contributed by atoms with Crippen LogP contribution in [0.2, 0.25) is 5.02 Å². The Hall–Kier alpha value is -3.20. The van der Waals surface area contributed by atoms with Gasteiger partial charge < -0.3 is 21.3 Å². The molecule has 0 fully saturated rings. The largest absolute Gasteiger partial charge is 0.340 e. The number of aryl methyl sites for hydroxylation is 1. The molecule has 0 spiro atoms. The van der Waals surface area contributed by atoms with Crippen LogP contribution in [0.5, 0.6) is 0 Å². The van der Waals surface area contributed by atoms with Crippen molar-refractivity contribution < 1.29 is 4.79 Å². The molecular weight excluding hydrogens is 444 g/mol. The van der Waals surface area contributed by atoms with E-state index in [0.29, 0.717) is 16.4 Å². The molecule has 0 bridgehead atoms. The summed E-state index contributed by atoms with van der Waals surface area (Å²) in [5.74, 6) is 0.809. The third-order valence-corrected chi connectivity index (χ3v) is 6.89. The lowest BCUT2D eigenvalue weighted by Gasteiger charge is -2.14. The first-order valence-corrected chi connectivity index (χ1v) is 11.4. The van der Waals surface area contributed by atoms with Gasteiger partial charge in [-0.3, -0.25) is 0 Å². The van der Waals surface area contributed by atoms with E-state index in [2.05, 4.69) is 31.2 Å². The minimum Gasteiger partial charge on any atom is -0.340 e. The van der Waals surface area contributed by atoms with E-state index in [9.17, 15) is 4.79 Å². The molecule has 2 aromatic carbocycles. The Morgan fingerprint density at radius 2 is 1.81 bits per heavy atom. The van der Waals surface area contributed by atoms with Gasteiger partial charge in [0.1, 0.15) is 17.0 Å². The maximum absolute atomic E-state index is 12.3. The normalized spacial score (nSPS) is 12.9. The Morgan fingerprint density at radius 1 is 1.06 bits per heavy atom. The second-order valence-electron chi connectivity index (χ2n) is 7.58. The summed E-state index contributed by atoms with van der Waals surface area (Å²) in [6.45, 7) is 3.76. The van der Waals surface area contributed by atoms with Crippen LogP contribution in [0.4, 0.5) is 27.7 Å². The first kappa shape index (κ1) is 20.7. The Morgan fingerprint density at radius 3 is 2.62 bits per heavy atom. The fraction of sp³-hybridized carbons (Fsp3) is 0.174. The van der Waals surface area contributed by atoms with Crippen LogP contribution in [-0.4, -0.2) is 22.5 Å². The van der Waals surface area contributed by atoms with Gasteiger partial charge in [0.25, 0.3) is 0 Å². The molecule has 1 aliphatic heterocycles. The number of amides is 2. The fourth-order valence-electron chi connectivity index (χ4n) is 3.69. The lowest BCUT2D eigenvalue weighted by molar-refractivity contribution is 0.262. The van der Waals surface area contributed by atoms with E-state index in [1.165, 1.54) is 10.4 Å². The van der Waals surface area contributed by atoms with E-state index < -0.39 is 0 Å². The predicted octanol–water partition coefficient (Wildman–Crippen LogP) is 5.69. The van der Waals surface area contributed by atoms with Gasteiger partial charge in [0.15, 0.2) is 0 Å². The van der Waals surface area contributed by atoms with Gasteiger partial charge >= 0.3 is 6.03 Å². The first-order chi connectivity index (χ1) is 15.6. The van der Waals surface area contributed by atoms with E-state index in [4.69, 9.17) is 11.6 Å². The monoisotopic (exact) mass is 464 g/mol. The molecule has 4 N–H and O–H groups in total. The Kier molecular flexibility index (Phi) is 5.65. The molecule has 2 aromatic heterocycles. The number of rotatable bonds is 4. The number of nitrogens with one attached hydrogen (secondary N) is 4. The summed E-state index contributed by atoms with van der Waals surface area (Å²) < 4.78 is 0. The topological polar surface area (TPSA) is 91.0 Å². The first-order valence-electron chi connectivity index (χ1n) is 10.2. The van der Waals surface area contributed by atoms with Gasteiger partial charge in [-0.15, -0.1) is 11.3 Å². The summed E-state index contributed by atoms with van der Waals surface area (Å²) in [7, 11) is 0. The van der Waals surface area contributed by atoms with Crippen molar-refractivity contribution in [3.05, 3.63) is 69.8 Å². The highest BCUT2D eigenvalue weighted by Gasteiger charge is 2.19. The van der Waals surface area contributed by atoms with Crippen molar-refractivity contribution in [3.63, 3.8) is 0 Å². The quantitative estimate of drug-likeness (QED) is 0.311. The average Bonchev–Trinajstić information content (AvgIpc) is 3.17. The van der Waals surface area contributed by atoms with E-state index in [0.717, 1.165) is 46.8 Å². The van der Waals surface area contributed by atoms with Crippen LogP contribution in [0.3, 0.4) is 0 Å². The highest BCUT2D eigenvalue weighted by molar-refractivity contribution is 7.19. The smallest absolute Gasteiger partial charge is 0.323 e. The molecule has 32 heavy (non-hydrogen) atoms. The Bertz CT molecular complexity index is 1300. The highest BCUT2D eigenvalue weighted by atomic mass is 35.5. The molecule has 0 aliphatic carbocycles. The van der Waals surface area contributed by atoms with Crippen LogP contribution in [0.25, 0.3) is 10.2 Å². The number of halogens is 1. The van der Waals surface area contributed by atoms with Crippen molar-refractivity contribution in [1.82, 2.24) is 15.3 Å². The lowest BCUT2D eigenvalue weighted by atomic mass is 10.1. The van der Waals surface area contributed by atoms with Crippen molar-refractivity contribution in [2.24, 2.45) is 0 Å². The highest BCUT2D eigenvalue weighted by Crippen LogP contribution is 2.36. The van der Waals surface area contributed by atoms with Gasteiger partial charge in [-0.05, 0) is 67.4 Å². The predicted molar refractivity (Wildman–Crippen MR) is 131 cm³/mol. The number of nitrogens with zero attached hydrogens (tertiary/aromatic N) is 2. The second-order valence-corrected chi connectivity index (χ2v) is 9.07.